The van der Waals surface area contributed by atoms with Crippen molar-refractivity contribution in [1.29, 1.82) is 5.26 Å². The van der Waals surface area contributed by atoms with E-state index in [0.29, 0.717) is 16.8 Å². The number of aromatic nitrogens is 2. The number of piperidine rings is 1. The molecular weight excluding hydrogens is 380 g/mol. The number of anilines is 3. The van der Waals surface area contributed by atoms with E-state index in [1.165, 1.54) is 6.92 Å². The lowest BCUT2D eigenvalue weighted by atomic mass is 10.0. The van der Waals surface area contributed by atoms with Crippen LogP contribution >= 0.6 is 0 Å². The van der Waals surface area contributed by atoms with E-state index in [0.717, 1.165) is 63.9 Å². The molecule has 0 amide bonds. The van der Waals surface area contributed by atoms with E-state index in [9.17, 15) is 10.1 Å². The third kappa shape index (κ3) is 4.52. The Labute approximate surface area is 176 Å². The Balaban J connectivity index is 1.48. The van der Waals surface area contributed by atoms with Gasteiger partial charge in [0.15, 0.2) is 5.78 Å². The first-order valence-corrected chi connectivity index (χ1v) is 10.4. The van der Waals surface area contributed by atoms with Gasteiger partial charge in [0.25, 0.3) is 0 Å². The lowest BCUT2D eigenvalue weighted by Crippen LogP contribution is -2.43. The van der Waals surface area contributed by atoms with Crippen molar-refractivity contribution in [3.63, 3.8) is 0 Å². The molecule has 30 heavy (non-hydrogen) atoms. The maximum atomic E-state index is 11.7. The van der Waals surface area contributed by atoms with Gasteiger partial charge in [-0.3, -0.25) is 4.79 Å². The Morgan fingerprint density at radius 2 is 1.93 bits per heavy atom. The van der Waals surface area contributed by atoms with Crippen LogP contribution in [-0.4, -0.2) is 61.2 Å². The van der Waals surface area contributed by atoms with E-state index in [4.69, 9.17) is 4.74 Å². The molecule has 2 saturated heterocycles. The minimum atomic E-state index is -0.00978. The van der Waals surface area contributed by atoms with Gasteiger partial charge in [0.2, 0.25) is 0 Å². The van der Waals surface area contributed by atoms with E-state index < -0.39 is 0 Å². The normalized spacial score (nSPS) is 19.3. The second-order valence-corrected chi connectivity index (χ2v) is 7.69. The van der Waals surface area contributed by atoms with E-state index in [1.807, 2.05) is 6.07 Å². The number of morpholine rings is 1. The number of ether oxygens (including phenoxy) is 1. The van der Waals surface area contributed by atoms with Gasteiger partial charge in [0.1, 0.15) is 24.0 Å². The van der Waals surface area contributed by atoms with Gasteiger partial charge in [-0.1, -0.05) is 0 Å². The molecule has 1 aromatic carbocycles. The van der Waals surface area contributed by atoms with Crippen molar-refractivity contribution in [1.82, 2.24) is 9.97 Å². The maximum absolute atomic E-state index is 11.7. The summed E-state index contributed by atoms with van der Waals surface area (Å²) in [5, 5.41) is 12.9. The average Bonchev–Trinajstić information content (AvgIpc) is 2.80. The molecule has 0 saturated carbocycles. The Hall–Kier alpha value is -3.18. The number of rotatable bonds is 5. The Morgan fingerprint density at radius 1 is 1.17 bits per heavy atom. The fraction of sp³-hybridized carbons (Fsp3) is 0.455. The van der Waals surface area contributed by atoms with Gasteiger partial charge in [-0.25, -0.2) is 9.97 Å². The number of carbonyl (C=O) groups excluding carboxylic acids is 1. The second-order valence-electron chi connectivity index (χ2n) is 7.69. The molecule has 4 rings (SSSR count). The number of nitrogens with one attached hydrogen (secondary N) is 1. The van der Waals surface area contributed by atoms with Gasteiger partial charge in [-0.05, 0) is 38.0 Å². The highest BCUT2D eigenvalue weighted by atomic mass is 16.5. The zero-order valence-electron chi connectivity index (χ0n) is 17.2. The summed E-state index contributed by atoms with van der Waals surface area (Å²) in [5.74, 6) is 1.83. The van der Waals surface area contributed by atoms with Gasteiger partial charge < -0.3 is 19.9 Å². The van der Waals surface area contributed by atoms with Crippen molar-refractivity contribution in [3.05, 3.63) is 41.7 Å². The van der Waals surface area contributed by atoms with Crippen LogP contribution in [0.5, 0.6) is 0 Å². The van der Waals surface area contributed by atoms with E-state index in [2.05, 4.69) is 31.2 Å². The number of nitriles is 1. The molecule has 2 aliphatic rings. The Morgan fingerprint density at radius 3 is 2.67 bits per heavy atom. The molecular formula is C22H26N6O2. The zero-order chi connectivity index (χ0) is 20.9. The number of nitrogens with zero attached hydrogens (tertiary/aromatic N) is 5. The molecule has 1 aromatic heterocycles. The summed E-state index contributed by atoms with van der Waals surface area (Å²) in [7, 11) is 0. The standard InChI is InChI=1S/C22H26N6O2/c1-16(29)17-4-5-18(13-23)20(11-17)26-19-3-2-6-28(14-19)22-12-21(24-15-25-22)27-7-9-30-10-8-27/h4-5,11-12,15,19,26H,2-3,6-10,14H2,1H3. The molecule has 8 nitrogen and oxygen atoms in total. The average molecular weight is 406 g/mol. The van der Waals surface area contributed by atoms with Crippen LogP contribution in [0.25, 0.3) is 0 Å². The number of hydrogen-bond donors (Lipinski definition) is 1. The van der Waals surface area contributed by atoms with Crippen molar-refractivity contribution in [2.45, 2.75) is 25.8 Å². The summed E-state index contributed by atoms with van der Waals surface area (Å²) in [4.78, 5) is 25.2. The fourth-order valence-electron chi connectivity index (χ4n) is 3.98. The first-order chi connectivity index (χ1) is 14.6. The summed E-state index contributed by atoms with van der Waals surface area (Å²) in [5.41, 5.74) is 1.87. The van der Waals surface area contributed by atoms with Gasteiger partial charge >= 0.3 is 0 Å². The maximum Gasteiger partial charge on any atom is 0.159 e. The lowest BCUT2D eigenvalue weighted by Gasteiger charge is -2.35. The highest BCUT2D eigenvalue weighted by Gasteiger charge is 2.23. The summed E-state index contributed by atoms with van der Waals surface area (Å²) in [6.45, 7) is 6.35. The number of benzene rings is 1. The van der Waals surface area contributed by atoms with E-state index >= 15 is 0 Å². The van der Waals surface area contributed by atoms with Crippen LogP contribution in [0.2, 0.25) is 0 Å². The summed E-state index contributed by atoms with van der Waals surface area (Å²) in [6, 6.07) is 9.61. The highest BCUT2D eigenvalue weighted by molar-refractivity contribution is 5.95. The predicted molar refractivity (Wildman–Crippen MR) is 115 cm³/mol. The molecule has 0 bridgehead atoms. The lowest BCUT2D eigenvalue weighted by molar-refractivity contribution is 0.101. The van der Waals surface area contributed by atoms with Crippen molar-refractivity contribution in [2.24, 2.45) is 0 Å². The Bertz CT molecular complexity index is 951. The molecule has 156 valence electrons. The van der Waals surface area contributed by atoms with Crippen LogP contribution in [0.1, 0.15) is 35.7 Å². The largest absolute Gasteiger partial charge is 0.379 e. The molecule has 1 N–H and O–H groups in total. The van der Waals surface area contributed by atoms with Crippen LogP contribution in [-0.2, 0) is 4.74 Å². The highest BCUT2D eigenvalue weighted by Crippen LogP contribution is 2.25. The number of carbonyl (C=O) groups is 1. The molecule has 0 aliphatic carbocycles. The van der Waals surface area contributed by atoms with Crippen LogP contribution in [0.15, 0.2) is 30.6 Å². The van der Waals surface area contributed by atoms with Crippen LogP contribution in [0.3, 0.4) is 0 Å². The summed E-state index contributed by atoms with van der Waals surface area (Å²) >= 11 is 0. The number of ketones is 1. The second kappa shape index (κ2) is 9.09. The first-order valence-electron chi connectivity index (χ1n) is 10.4. The van der Waals surface area contributed by atoms with Gasteiger partial charge in [0, 0.05) is 43.9 Å². The minimum absolute atomic E-state index is 0.00978. The number of Topliss-reactive ketones (excluding diaryl/α,β-unsaturated/α-hetero) is 1. The van der Waals surface area contributed by atoms with Crippen molar-refractivity contribution in [2.75, 3.05) is 54.5 Å². The molecule has 2 fully saturated rings. The molecule has 0 radical (unpaired) electrons. The first kappa shape index (κ1) is 20.1. The van der Waals surface area contributed by atoms with Crippen molar-refractivity contribution >= 4 is 23.1 Å². The monoisotopic (exact) mass is 406 g/mol. The van der Waals surface area contributed by atoms with Crippen LogP contribution < -0.4 is 15.1 Å². The van der Waals surface area contributed by atoms with Crippen LogP contribution in [0.4, 0.5) is 17.3 Å². The molecule has 3 heterocycles. The van der Waals surface area contributed by atoms with E-state index in [-0.39, 0.29) is 11.8 Å². The molecule has 1 unspecified atom stereocenters. The molecule has 8 heteroatoms. The van der Waals surface area contributed by atoms with Crippen molar-refractivity contribution in [3.8, 4) is 6.07 Å². The molecule has 1 atom stereocenters. The molecule has 2 aromatic rings. The summed E-state index contributed by atoms with van der Waals surface area (Å²) in [6.07, 6.45) is 3.64. The minimum Gasteiger partial charge on any atom is -0.379 e. The smallest absolute Gasteiger partial charge is 0.159 e. The SMILES string of the molecule is CC(=O)c1ccc(C#N)c(NC2CCCN(c3cc(N4CCOCC4)ncn3)C2)c1. The third-order valence-corrected chi connectivity index (χ3v) is 5.62. The summed E-state index contributed by atoms with van der Waals surface area (Å²) < 4.78 is 5.43. The fourth-order valence-corrected chi connectivity index (χ4v) is 3.98. The third-order valence-electron chi connectivity index (χ3n) is 5.62. The van der Waals surface area contributed by atoms with Crippen LogP contribution in [0, 0.1) is 11.3 Å². The molecule has 0 spiro atoms. The molecule has 2 aliphatic heterocycles. The number of hydrogen-bond acceptors (Lipinski definition) is 8. The van der Waals surface area contributed by atoms with Gasteiger partial charge in [-0.15, -0.1) is 0 Å². The zero-order valence-corrected chi connectivity index (χ0v) is 17.2. The van der Waals surface area contributed by atoms with Gasteiger partial charge in [-0.2, -0.15) is 5.26 Å². The quantitative estimate of drug-likeness (QED) is 0.757. The topological polar surface area (TPSA) is 94.4 Å². The van der Waals surface area contributed by atoms with Gasteiger partial charge in [0.05, 0.1) is 24.5 Å². The van der Waals surface area contributed by atoms with E-state index in [1.54, 1.807) is 24.5 Å². The van der Waals surface area contributed by atoms with Crippen molar-refractivity contribution < 1.29 is 9.53 Å². The predicted octanol–water partition coefficient (Wildman–Crippen LogP) is 2.47. The Kier molecular flexibility index (Phi) is 6.10.